The lowest BCUT2D eigenvalue weighted by Gasteiger charge is -2.15. The SMILES string of the molecule is Cc1cnc(-c2ccc(-c3cc(Oc4ccc(S(C)(=O)=O)nc4)cc(O[C@@H](C)CO)c3)[nH]2)[nH]1. The summed E-state index contributed by atoms with van der Waals surface area (Å²) in [6.45, 7) is 3.55. The summed E-state index contributed by atoms with van der Waals surface area (Å²) in [5.41, 5.74) is 3.40. The van der Waals surface area contributed by atoms with Crippen LogP contribution < -0.4 is 9.47 Å². The predicted molar refractivity (Wildman–Crippen MR) is 123 cm³/mol. The predicted octanol–water partition coefficient (Wildman–Crippen LogP) is 3.73. The number of H-pyrrole nitrogens is 2. The van der Waals surface area contributed by atoms with Crippen molar-refractivity contribution in [3.8, 4) is 40.0 Å². The number of aliphatic hydroxyl groups excluding tert-OH is 1. The average molecular weight is 469 g/mol. The summed E-state index contributed by atoms with van der Waals surface area (Å²) in [7, 11) is -3.40. The maximum Gasteiger partial charge on any atom is 0.192 e. The van der Waals surface area contributed by atoms with Crippen LogP contribution in [0.25, 0.3) is 22.8 Å². The molecule has 4 rings (SSSR count). The number of aromatic nitrogens is 4. The molecule has 3 N–H and O–H groups in total. The molecule has 0 spiro atoms. The molecule has 3 heterocycles. The van der Waals surface area contributed by atoms with E-state index in [9.17, 15) is 13.5 Å². The molecule has 0 saturated carbocycles. The van der Waals surface area contributed by atoms with E-state index in [1.54, 1.807) is 25.3 Å². The topological polar surface area (TPSA) is 130 Å². The number of aromatic amines is 2. The van der Waals surface area contributed by atoms with E-state index in [2.05, 4.69) is 19.9 Å². The minimum Gasteiger partial charge on any atom is -0.488 e. The summed E-state index contributed by atoms with van der Waals surface area (Å²) < 4.78 is 35.0. The first kappa shape index (κ1) is 22.6. The van der Waals surface area contributed by atoms with Gasteiger partial charge in [-0.25, -0.2) is 18.4 Å². The average Bonchev–Trinajstić information content (AvgIpc) is 3.42. The summed E-state index contributed by atoms with van der Waals surface area (Å²) in [5.74, 6) is 2.08. The van der Waals surface area contributed by atoms with Crippen molar-refractivity contribution in [3.63, 3.8) is 0 Å². The van der Waals surface area contributed by atoms with E-state index < -0.39 is 15.9 Å². The number of nitrogens with zero attached hydrogens (tertiary/aromatic N) is 2. The number of hydrogen-bond acceptors (Lipinski definition) is 7. The van der Waals surface area contributed by atoms with Crippen molar-refractivity contribution >= 4 is 9.84 Å². The summed E-state index contributed by atoms with van der Waals surface area (Å²) in [6.07, 6.45) is 3.80. The Morgan fingerprint density at radius 2 is 1.73 bits per heavy atom. The Kier molecular flexibility index (Phi) is 6.21. The molecule has 172 valence electrons. The highest BCUT2D eigenvalue weighted by atomic mass is 32.2. The van der Waals surface area contributed by atoms with Crippen molar-refractivity contribution in [1.29, 1.82) is 0 Å². The van der Waals surface area contributed by atoms with Crippen LogP contribution in [-0.2, 0) is 9.84 Å². The normalized spacial score (nSPS) is 12.5. The molecule has 0 fully saturated rings. The second-order valence-corrected chi connectivity index (χ2v) is 9.67. The van der Waals surface area contributed by atoms with Gasteiger partial charge < -0.3 is 24.5 Å². The van der Waals surface area contributed by atoms with Crippen LogP contribution in [0.1, 0.15) is 12.6 Å². The number of benzene rings is 1. The molecule has 0 aliphatic carbocycles. The molecule has 0 radical (unpaired) electrons. The number of imidazole rings is 1. The zero-order valence-electron chi connectivity index (χ0n) is 18.4. The Morgan fingerprint density at radius 1 is 0.970 bits per heavy atom. The van der Waals surface area contributed by atoms with Crippen LogP contribution in [0.3, 0.4) is 0 Å². The number of nitrogens with one attached hydrogen (secondary N) is 2. The molecule has 0 aliphatic heterocycles. The van der Waals surface area contributed by atoms with Crippen molar-refractivity contribution in [2.45, 2.75) is 25.0 Å². The minimum atomic E-state index is -3.40. The largest absolute Gasteiger partial charge is 0.488 e. The third kappa shape index (κ3) is 5.41. The van der Waals surface area contributed by atoms with Gasteiger partial charge in [-0.05, 0) is 50.2 Å². The number of pyridine rings is 1. The summed E-state index contributed by atoms with van der Waals surface area (Å²) >= 11 is 0. The number of sulfone groups is 1. The van der Waals surface area contributed by atoms with Gasteiger partial charge in [0.2, 0.25) is 0 Å². The standard InChI is InChI=1S/C23H24N4O5S/c1-14-11-25-23(26-14)21-6-5-20(27-21)16-8-18(31-15(2)13-28)10-19(9-16)32-17-4-7-22(24-12-17)33(3,29)30/h4-12,15,27-28H,13H2,1-3H3,(H,25,26)/t15-/m0/s1. The molecular weight excluding hydrogens is 444 g/mol. The highest BCUT2D eigenvalue weighted by Crippen LogP contribution is 2.33. The maximum absolute atomic E-state index is 11.6. The number of aliphatic hydroxyl groups is 1. The monoisotopic (exact) mass is 468 g/mol. The molecule has 0 bridgehead atoms. The van der Waals surface area contributed by atoms with E-state index in [-0.39, 0.29) is 11.6 Å². The zero-order chi connectivity index (χ0) is 23.6. The first-order valence-corrected chi connectivity index (χ1v) is 12.1. The van der Waals surface area contributed by atoms with Crippen molar-refractivity contribution in [2.24, 2.45) is 0 Å². The number of rotatable bonds is 8. The van der Waals surface area contributed by atoms with Gasteiger partial charge in [-0.15, -0.1) is 0 Å². The van der Waals surface area contributed by atoms with E-state index in [4.69, 9.17) is 9.47 Å². The molecular formula is C23H24N4O5S. The third-order valence-corrected chi connectivity index (χ3v) is 5.76. The Balaban J connectivity index is 1.67. The van der Waals surface area contributed by atoms with E-state index in [0.29, 0.717) is 17.2 Å². The van der Waals surface area contributed by atoms with Crippen molar-refractivity contribution in [2.75, 3.05) is 12.9 Å². The lowest BCUT2D eigenvalue weighted by molar-refractivity contribution is 0.129. The van der Waals surface area contributed by atoms with Gasteiger partial charge in [-0.2, -0.15) is 0 Å². The van der Waals surface area contributed by atoms with E-state index in [1.807, 2.05) is 31.2 Å². The fourth-order valence-electron chi connectivity index (χ4n) is 3.16. The Bertz CT molecular complexity index is 1360. The molecule has 10 heteroatoms. The Morgan fingerprint density at radius 3 is 2.36 bits per heavy atom. The van der Waals surface area contributed by atoms with Gasteiger partial charge in [0, 0.05) is 35.5 Å². The van der Waals surface area contributed by atoms with Gasteiger partial charge in [0.1, 0.15) is 23.4 Å². The van der Waals surface area contributed by atoms with Gasteiger partial charge in [0.05, 0.1) is 18.5 Å². The molecule has 3 aromatic heterocycles. The first-order chi connectivity index (χ1) is 15.7. The summed E-state index contributed by atoms with van der Waals surface area (Å²) in [6, 6.07) is 12.1. The number of aryl methyl sites for hydroxylation is 1. The molecule has 0 saturated heterocycles. The highest BCUT2D eigenvalue weighted by Gasteiger charge is 2.13. The quantitative estimate of drug-likeness (QED) is 0.359. The molecule has 1 aromatic carbocycles. The van der Waals surface area contributed by atoms with Crippen molar-refractivity contribution in [3.05, 3.63) is 60.6 Å². The second kappa shape index (κ2) is 9.08. The van der Waals surface area contributed by atoms with Crippen molar-refractivity contribution in [1.82, 2.24) is 19.9 Å². The van der Waals surface area contributed by atoms with Crippen LogP contribution in [0.5, 0.6) is 17.2 Å². The van der Waals surface area contributed by atoms with Gasteiger partial charge >= 0.3 is 0 Å². The fourth-order valence-corrected chi connectivity index (χ4v) is 3.72. The fraction of sp³-hybridized carbons (Fsp3) is 0.217. The highest BCUT2D eigenvalue weighted by molar-refractivity contribution is 7.90. The molecule has 4 aromatic rings. The van der Waals surface area contributed by atoms with E-state index in [1.165, 1.54) is 12.3 Å². The van der Waals surface area contributed by atoms with Crippen LogP contribution in [-0.4, -0.2) is 52.4 Å². The molecule has 0 aliphatic rings. The molecule has 33 heavy (non-hydrogen) atoms. The first-order valence-electron chi connectivity index (χ1n) is 10.2. The number of ether oxygens (including phenoxy) is 2. The molecule has 1 atom stereocenters. The molecule has 0 unspecified atom stereocenters. The summed E-state index contributed by atoms with van der Waals surface area (Å²) in [4.78, 5) is 14.8. The molecule has 0 amide bonds. The lowest BCUT2D eigenvalue weighted by atomic mass is 10.1. The van der Waals surface area contributed by atoms with Gasteiger partial charge in [-0.3, -0.25) is 0 Å². The van der Waals surface area contributed by atoms with E-state index >= 15 is 0 Å². The van der Waals surface area contributed by atoms with Crippen LogP contribution in [0.4, 0.5) is 0 Å². The van der Waals surface area contributed by atoms with Gasteiger partial charge in [0.15, 0.2) is 20.7 Å². The van der Waals surface area contributed by atoms with E-state index in [0.717, 1.165) is 34.7 Å². The Labute approximate surface area is 191 Å². The van der Waals surface area contributed by atoms with Crippen LogP contribution in [0.2, 0.25) is 0 Å². The van der Waals surface area contributed by atoms with Gasteiger partial charge in [-0.1, -0.05) is 0 Å². The summed E-state index contributed by atoms with van der Waals surface area (Å²) in [5, 5.41) is 9.35. The van der Waals surface area contributed by atoms with Crippen molar-refractivity contribution < 1.29 is 23.0 Å². The smallest absolute Gasteiger partial charge is 0.192 e. The van der Waals surface area contributed by atoms with Crippen LogP contribution >= 0.6 is 0 Å². The third-order valence-electron chi connectivity index (χ3n) is 4.75. The second-order valence-electron chi connectivity index (χ2n) is 7.71. The molecule has 9 nitrogen and oxygen atoms in total. The number of hydrogen-bond donors (Lipinski definition) is 3. The van der Waals surface area contributed by atoms with Crippen LogP contribution in [0.15, 0.2) is 59.9 Å². The maximum atomic E-state index is 11.6. The lowest BCUT2D eigenvalue weighted by Crippen LogP contribution is -2.16. The Hall–Kier alpha value is -3.63. The minimum absolute atomic E-state index is 0.0310. The zero-order valence-corrected chi connectivity index (χ0v) is 19.2. The van der Waals surface area contributed by atoms with Crippen LogP contribution in [0, 0.1) is 6.92 Å². The van der Waals surface area contributed by atoms with Gasteiger partial charge in [0.25, 0.3) is 0 Å².